The molecule has 106 valence electrons. The standard InChI is InChI=1S/C15H20Cl2O2/c1-12(16)14(17)7-8-15(18-9-10-19-15)11-13-5-3-2-4-6-13/h2-6,12,14H,7-11H2,1H3/t12-,14-/m1/s1. The molecule has 0 radical (unpaired) electrons. The summed E-state index contributed by atoms with van der Waals surface area (Å²) in [7, 11) is 0. The van der Waals surface area contributed by atoms with Crippen molar-refractivity contribution >= 4 is 23.2 Å². The molecule has 0 unspecified atom stereocenters. The Kier molecular flexibility index (Phi) is 5.52. The third kappa shape index (κ3) is 4.35. The zero-order chi connectivity index (χ0) is 13.7. The summed E-state index contributed by atoms with van der Waals surface area (Å²) in [6, 6.07) is 10.3. The summed E-state index contributed by atoms with van der Waals surface area (Å²) >= 11 is 12.2. The van der Waals surface area contributed by atoms with Crippen LogP contribution in [0, 0.1) is 0 Å². The van der Waals surface area contributed by atoms with E-state index in [1.165, 1.54) is 5.56 Å². The quantitative estimate of drug-likeness (QED) is 0.740. The molecule has 1 aliphatic heterocycles. The fourth-order valence-electron chi connectivity index (χ4n) is 2.33. The average molecular weight is 303 g/mol. The Labute approximate surface area is 125 Å². The molecule has 0 aromatic heterocycles. The Morgan fingerprint density at radius 2 is 1.79 bits per heavy atom. The van der Waals surface area contributed by atoms with Crippen LogP contribution in [0.4, 0.5) is 0 Å². The van der Waals surface area contributed by atoms with Crippen molar-refractivity contribution in [3.8, 4) is 0 Å². The van der Waals surface area contributed by atoms with E-state index in [4.69, 9.17) is 32.7 Å². The lowest BCUT2D eigenvalue weighted by molar-refractivity contribution is -0.161. The van der Waals surface area contributed by atoms with Crippen LogP contribution in [0.15, 0.2) is 30.3 Å². The molecule has 1 saturated heterocycles. The van der Waals surface area contributed by atoms with Gasteiger partial charge in [0.05, 0.1) is 13.2 Å². The molecule has 1 heterocycles. The Morgan fingerprint density at radius 3 is 2.37 bits per heavy atom. The van der Waals surface area contributed by atoms with Gasteiger partial charge in [-0.2, -0.15) is 0 Å². The lowest BCUT2D eigenvalue weighted by Gasteiger charge is -2.28. The molecular formula is C15H20Cl2O2. The van der Waals surface area contributed by atoms with Crippen LogP contribution in [0.3, 0.4) is 0 Å². The summed E-state index contributed by atoms with van der Waals surface area (Å²) in [4.78, 5) is 0. The number of ether oxygens (including phenoxy) is 2. The maximum atomic E-state index is 6.22. The number of hydrogen-bond acceptors (Lipinski definition) is 2. The maximum Gasteiger partial charge on any atom is 0.172 e. The Bertz CT molecular complexity index is 375. The average Bonchev–Trinajstić information content (AvgIpc) is 2.86. The lowest BCUT2D eigenvalue weighted by atomic mass is 9.99. The van der Waals surface area contributed by atoms with Crippen molar-refractivity contribution in [1.29, 1.82) is 0 Å². The molecule has 0 bridgehead atoms. The third-order valence-electron chi connectivity index (χ3n) is 3.43. The SMILES string of the molecule is C[C@@H](Cl)[C@H](Cl)CCC1(Cc2ccccc2)OCCO1. The zero-order valence-electron chi connectivity index (χ0n) is 11.1. The zero-order valence-corrected chi connectivity index (χ0v) is 12.7. The minimum absolute atomic E-state index is 0.0446. The Hall–Kier alpha value is -0.280. The molecule has 0 aliphatic carbocycles. The second-order valence-corrected chi connectivity index (χ2v) is 6.25. The number of hydrogen-bond donors (Lipinski definition) is 0. The van der Waals surface area contributed by atoms with Crippen molar-refractivity contribution in [3.63, 3.8) is 0 Å². The second kappa shape index (κ2) is 6.94. The summed E-state index contributed by atoms with van der Waals surface area (Å²) in [5, 5.41) is -0.0982. The van der Waals surface area contributed by atoms with Crippen molar-refractivity contribution in [2.24, 2.45) is 0 Å². The van der Waals surface area contributed by atoms with Gasteiger partial charge < -0.3 is 9.47 Å². The summed E-state index contributed by atoms with van der Waals surface area (Å²) in [5.74, 6) is -0.528. The van der Waals surface area contributed by atoms with Crippen LogP contribution >= 0.6 is 23.2 Å². The van der Waals surface area contributed by atoms with Gasteiger partial charge in [-0.05, 0) is 18.9 Å². The van der Waals surface area contributed by atoms with E-state index in [1.807, 2.05) is 25.1 Å². The molecule has 2 nitrogen and oxygen atoms in total. The van der Waals surface area contributed by atoms with E-state index in [0.717, 1.165) is 19.3 Å². The van der Waals surface area contributed by atoms with Gasteiger partial charge in [0.15, 0.2) is 5.79 Å². The molecule has 19 heavy (non-hydrogen) atoms. The van der Waals surface area contributed by atoms with Crippen LogP contribution in [0.5, 0.6) is 0 Å². The highest BCUT2D eigenvalue weighted by Crippen LogP contribution is 2.31. The van der Waals surface area contributed by atoms with Gasteiger partial charge in [-0.1, -0.05) is 30.3 Å². The topological polar surface area (TPSA) is 18.5 Å². The summed E-state index contributed by atoms with van der Waals surface area (Å²) < 4.78 is 11.7. The molecule has 2 rings (SSSR count). The fraction of sp³-hybridized carbons (Fsp3) is 0.600. The van der Waals surface area contributed by atoms with Gasteiger partial charge >= 0.3 is 0 Å². The maximum absolute atomic E-state index is 6.22. The molecule has 0 saturated carbocycles. The predicted molar refractivity (Wildman–Crippen MR) is 79.0 cm³/mol. The van der Waals surface area contributed by atoms with Crippen molar-refractivity contribution in [2.75, 3.05) is 13.2 Å². The van der Waals surface area contributed by atoms with Gasteiger partial charge in [-0.25, -0.2) is 0 Å². The fourth-order valence-corrected chi connectivity index (χ4v) is 2.56. The van der Waals surface area contributed by atoms with E-state index >= 15 is 0 Å². The summed E-state index contributed by atoms with van der Waals surface area (Å²) in [5.41, 5.74) is 1.22. The van der Waals surface area contributed by atoms with Crippen LogP contribution in [0.25, 0.3) is 0 Å². The first-order valence-corrected chi connectivity index (χ1v) is 7.59. The first kappa shape index (κ1) is 15.1. The molecule has 2 atom stereocenters. The predicted octanol–water partition coefficient (Wildman–Crippen LogP) is 3.99. The normalized spacial score (nSPS) is 21.2. The Morgan fingerprint density at radius 1 is 1.16 bits per heavy atom. The first-order chi connectivity index (χ1) is 9.11. The van der Waals surface area contributed by atoms with E-state index < -0.39 is 5.79 Å². The van der Waals surface area contributed by atoms with Gasteiger partial charge in [0.1, 0.15) is 0 Å². The van der Waals surface area contributed by atoms with E-state index in [1.54, 1.807) is 0 Å². The van der Waals surface area contributed by atoms with Crippen LogP contribution in [0.2, 0.25) is 0 Å². The van der Waals surface area contributed by atoms with Crippen molar-refractivity contribution in [1.82, 2.24) is 0 Å². The summed E-state index contributed by atoms with van der Waals surface area (Å²) in [6.07, 6.45) is 2.32. The molecule has 1 aromatic carbocycles. The van der Waals surface area contributed by atoms with Crippen LogP contribution in [0.1, 0.15) is 25.3 Å². The highest BCUT2D eigenvalue weighted by atomic mass is 35.5. The number of alkyl halides is 2. The van der Waals surface area contributed by atoms with E-state index in [2.05, 4.69) is 12.1 Å². The minimum Gasteiger partial charge on any atom is -0.347 e. The monoisotopic (exact) mass is 302 g/mol. The van der Waals surface area contributed by atoms with Crippen molar-refractivity contribution < 1.29 is 9.47 Å². The van der Waals surface area contributed by atoms with Gasteiger partial charge in [-0.15, -0.1) is 23.2 Å². The van der Waals surface area contributed by atoms with E-state index in [9.17, 15) is 0 Å². The van der Waals surface area contributed by atoms with Gasteiger partial charge in [0.25, 0.3) is 0 Å². The van der Waals surface area contributed by atoms with Gasteiger partial charge in [0, 0.05) is 23.6 Å². The summed E-state index contributed by atoms with van der Waals surface area (Å²) in [6.45, 7) is 3.21. The highest BCUT2D eigenvalue weighted by Gasteiger charge is 2.37. The van der Waals surface area contributed by atoms with Crippen LogP contribution in [-0.4, -0.2) is 29.8 Å². The number of rotatable bonds is 6. The van der Waals surface area contributed by atoms with E-state index in [0.29, 0.717) is 13.2 Å². The van der Waals surface area contributed by atoms with Crippen LogP contribution < -0.4 is 0 Å². The van der Waals surface area contributed by atoms with E-state index in [-0.39, 0.29) is 10.8 Å². The van der Waals surface area contributed by atoms with Gasteiger partial charge in [0.2, 0.25) is 0 Å². The highest BCUT2D eigenvalue weighted by molar-refractivity contribution is 6.29. The minimum atomic E-state index is -0.528. The second-order valence-electron chi connectivity index (χ2n) is 5.00. The van der Waals surface area contributed by atoms with Crippen LogP contribution in [-0.2, 0) is 15.9 Å². The Balaban J connectivity index is 1.98. The molecule has 0 N–H and O–H groups in total. The largest absolute Gasteiger partial charge is 0.347 e. The molecule has 4 heteroatoms. The molecule has 0 amide bonds. The third-order valence-corrected chi connectivity index (χ3v) is 4.46. The van der Waals surface area contributed by atoms with Crippen molar-refractivity contribution in [2.45, 2.75) is 42.7 Å². The molecule has 1 aliphatic rings. The first-order valence-electron chi connectivity index (χ1n) is 6.71. The molecule has 1 aromatic rings. The molecular weight excluding hydrogens is 283 g/mol. The lowest BCUT2D eigenvalue weighted by Crippen LogP contribution is -2.34. The molecule has 0 spiro atoms. The molecule has 1 fully saturated rings. The van der Waals surface area contributed by atoms with Crippen molar-refractivity contribution in [3.05, 3.63) is 35.9 Å². The number of benzene rings is 1. The number of halogens is 2. The smallest absolute Gasteiger partial charge is 0.172 e. The van der Waals surface area contributed by atoms with Gasteiger partial charge in [-0.3, -0.25) is 0 Å².